The molecule has 92 valence electrons. The molecule has 0 aromatic rings. The molecule has 0 rings (SSSR count). The van der Waals surface area contributed by atoms with Crippen LogP contribution < -0.4 is 0 Å². The normalized spacial score (nSPS) is 9.62. The number of carboxylic acid groups (broad SMARTS) is 1. The van der Waals surface area contributed by atoms with Gasteiger partial charge in [-0.25, -0.2) is 0 Å². The van der Waals surface area contributed by atoms with Crippen molar-refractivity contribution in [3.05, 3.63) is 0 Å². The first-order valence-electron chi connectivity index (χ1n) is 5.16. The quantitative estimate of drug-likeness (QED) is 0.502. The summed E-state index contributed by atoms with van der Waals surface area (Å²) in [5, 5.41) is 8.45. The van der Waals surface area contributed by atoms with Crippen LogP contribution in [0.5, 0.6) is 0 Å². The number of carbonyl (C=O) groups is 3. The van der Waals surface area contributed by atoms with Crippen LogP contribution in [0.3, 0.4) is 0 Å². The molecule has 0 aliphatic rings. The van der Waals surface area contributed by atoms with Gasteiger partial charge in [-0.15, -0.1) is 0 Å². The second kappa shape index (κ2) is 7.67. The average molecular weight is 231 g/mol. The predicted molar refractivity (Wildman–Crippen MR) is 55.8 cm³/mol. The number of esters is 1. The van der Waals surface area contributed by atoms with Crippen LogP contribution >= 0.6 is 0 Å². The van der Waals surface area contributed by atoms with Crippen molar-refractivity contribution in [3.63, 3.8) is 0 Å². The number of carboxylic acids is 1. The van der Waals surface area contributed by atoms with Crippen LogP contribution in [-0.2, 0) is 19.1 Å². The SMILES string of the molecule is CCOC(=O)CCN(CC)C(=O)CC(=O)O. The number of hydrogen-bond donors (Lipinski definition) is 1. The Morgan fingerprint density at radius 2 is 1.88 bits per heavy atom. The highest BCUT2D eigenvalue weighted by Crippen LogP contribution is 1.98. The summed E-state index contributed by atoms with van der Waals surface area (Å²) in [5.74, 6) is -2.04. The molecule has 0 heterocycles. The molecule has 0 fully saturated rings. The molecule has 1 N–H and O–H groups in total. The van der Waals surface area contributed by atoms with Crippen LogP contribution in [0.25, 0.3) is 0 Å². The lowest BCUT2D eigenvalue weighted by atomic mass is 10.3. The molecular formula is C10H17NO5. The molecule has 0 saturated carbocycles. The van der Waals surface area contributed by atoms with E-state index in [-0.39, 0.29) is 18.9 Å². The molecule has 0 bridgehead atoms. The summed E-state index contributed by atoms with van der Waals surface area (Å²) in [6, 6.07) is 0. The summed E-state index contributed by atoms with van der Waals surface area (Å²) in [6.45, 7) is 4.30. The lowest BCUT2D eigenvalue weighted by molar-refractivity contribution is -0.145. The van der Waals surface area contributed by atoms with Gasteiger partial charge in [0.25, 0.3) is 0 Å². The van der Waals surface area contributed by atoms with E-state index in [1.165, 1.54) is 4.90 Å². The molecule has 0 spiro atoms. The van der Waals surface area contributed by atoms with Crippen LogP contribution in [0.15, 0.2) is 0 Å². The van der Waals surface area contributed by atoms with Gasteiger partial charge in [-0.2, -0.15) is 0 Å². The standard InChI is InChI=1S/C10H17NO5/c1-3-11(8(12)7-9(13)14)6-5-10(15)16-4-2/h3-7H2,1-2H3,(H,13,14). The molecule has 0 aliphatic carbocycles. The van der Waals surface area contributed by atoms with Gasteiger partial charge in [0.15, 0.2) is 0 Å². The van der Waals surface area contributed by atoms with Crippen LogP contribution in [-0.4, -0.2) is 47.5 Å². The van der Waals surface area contributed by atoms with Crippen molar-refractivity contribution in [3.8, 4) is 0 Å². The summed E-state index contributed by atoms with van der Waals surface area (Å²) in [5.41, 5.74) is 0. The average Bonchev–Trinajstić information content (AvgIpc) is 2.17. The van der Waals surface area contributed by atoms with Gasteiger partial charge >= 0.3 is 11.9 Å². The van der Waals surface area contributed by atoms with E-state index in [1.807, 2.05) is 0 Å². The van der Waals surface area contributed by atoms with Gasteiger partial charge in [0.2, 0.25) is 5.91 Å². The van der Waals surface area contributed by atoms with E-state index in [0.29, 0.717) is 13.2 Å². The number of nitrogens with zero attached hydrogens (tertiary/aromatic N) is 1. The van der Waals surface area contributed by atoms with Crippen molar-refractivity contribution in [2.45, 2.75) is 26.7 Å². The monoisotopic (exact) mass is 231 g/mol. The topological polar surface area (TPSA) is 83.9 Å². The smallest absolute Gasteiger partial charge is 0.312 e. The minimum atomic E-state index is -1.17. The molecule has 0 unspecified atom stereocenters. The van der Waals surface area contributed by atoms with Crippen LogP contribution in [0, 0.1) is 0 Å². The Labute approximate surface area is 94.2 Å². The minimum Gasteiger partial charge on any atom is -0.481 e. The number of hydrogen-bond acceptors (Lipinski definition) is 4. The molecule has 6 nitrogen and oxygen atoms in total. The number of aliphatic carboxylic acids is 1. The van der Waals surface area contributed by atoms with Crippen LogP contribution in [0.2, 0.25) is 0 Å². The van der Waals surface area contributed by atoms with Gasteiger partial charge in [0.1, 0.15) is 6.42 Å². The molecule has 0 saturated heterocycles. The zero-order valence-corrected chi connectivity index (χ0v) is 9.56. The molecule has 1 amide bonds. The van der Waals surface area contributed by atoms with Gasteiger partial charge < -0.3 is 14.7 Å². The highest BCUT2D eigenvalue weighted by Gasteiger charge is 2.16. The van der Waals surface area contributed by atoms with E-state index in [2.05, 4.69) is 0 Å². The Morgan fingerprint density at radius 1 is 1.25 bits per heavy atom. The van der Waals surface area contributed by atoms with Gasteiger partial charge in [-0.05, 0) is 13.8 Å². The first-order chi connectivity index (χ1) is 7.51. The van der Waals surface area contributed by atoms with E-state index >= 15 is 0 Å². The summed E-state index contributed by atoms with van der Waals surface area (Å²) in [4.78, 5) is 34.0. The fourth-order valence-electron chi connectivity index (χ4n) is 1.16. The largest absolute Gasteiger partial charge is 0.481 e. The van der Waals surface area contributed by atoms with E-state index < -0.39 is 18.3 Å². The molecular weight excluding hydrogens is 214 g/mol. The summed E-state index contributed by atoms with van der Waals surface area (Å²) < 4.78 is 4.70. The third-order valence-corrected chi connectivity index (χ3v) is 1.93. The molecule has 0 atom stereocenters. The minimum absolute atomic E-state index is 0.0903. The van der Waals surface area contributed by atoms with Crippen molar-refractivity contribution < 1.29 is 24.2 Å². The number of carbonyl (C=O) groups excluding carboxylic acids is 2. The fraction of sp³-hybridized carbons (Fsp3) is 0.700. The summed E-state index contributed by atoms with van der Waals surface area (Å²) in [6.07, 6.45) is -0.455. The van der Waals surface area contributed by atoms with E-state index in [0.717, 1.165) is 0 Å². The molecule has 0 aromatic carbocycles. The van der Waals surface area contributed by atoms with Crippen molar-refractivity contribution in [1.29, 1.82) is 0 Å². The zero-order valence-electron chi connectivity index (χ0n) is 9.56. The van der Waals surface area contributed by atoms with Crippen LogP contribution in [0.4, 0.5) is 0 Å². The van der Waals surface area contributed by atoms with E-state index in [9.17, 15) is 14.4 Å². The number of rotatable bonds is 7. The maximum absolute atomic E-state index is 11.3. The Morgan fingerprint density at radius 3 is 2.31 bits per heavy atom. The Kier molecular flexibility index (Phi) is 6.91. The fourth-order valence-corrected chi connectivity index (χ4v) is 1.16. The Hall–Kier alpha value is -1.59. The summed E-state index contributed by atoms with van der Waals surface area (Å²) >= 11 is 0. The molecule has 16 heavy (non-hydrogen) atoms. The second-order valence-corrected chi connectivity index (χ2v) is 3.10. The molecule has 0 radical (unpaired) electrons. The van der Waals surface area contributed by atoms with Gasteiger partial charge in [-0.3, -0.25) is 14.4 Å². The van der Waals surface area contributed by atoms with Crippen molar-refractivity contribution in [2.24, 2.45) is 0 Å². The third kappa shape index (κ3) is 6.00. The van der Waals surface area contributed by atoms with Gasteiger partial charge in [0, 0.05) is 13.1 Å². The van der Waals surface area contributed by atoms with Crippen molar-refractivity contribution in [2.75, 3.05) is 19.7 Å². The lowest BCUT2D eigenvalue weighted by Gasteiger charge is -2.19. The molecule has 0 aromatic heterocycles. The molecule has 6 heteroatoms. The Bertz CT molecular complexity index is 264. The third-order valence-electron chi connectivity index (χ3n) is 1.93. The second-order valence-electron chi connectivity index (χ2n) is 3.10. The number of ether oxygens (including phenoxy) is 1. The molecule has 0 aliphatic heterocycles. The maximum Gasteiger partial charge on any atom is 0.312 e. The predicted octanol–water partition coefficient (Wildman–Crippen LogP) is 0.263. The maximum atomic E-state index is 11.3. The zero-order chi connectivity index (χ0) is 12.6. The Balaban J connectivity index is 4.04. The first-order valence-corrected chi connectivity index (χ1v) is 5.16. The van der Waals surface area contributed by atoms with E-state index in [4.69, 9.17) is 9.84 Å². The highest BCUT2D eigenvalue weighted by molar-refractivity contribution is 5.93. The van der Waals surface area contributed by atoms with Crippen LogP contribution in [0.1, 0.15) is 26.7 Å². The van der Waals surface area contributed by atoms with Crippen molar-refractivity contribution in [1.82, 2.24) is 4.90 Å². The first kappa shape index (κ1) is 14.4. The lowest BCUT2D eigenvalue weighted by Crippen LogP contribution is -2.34. The van der Waals surface area contributed by atoms with E-state index in [1.54, 1.807) is 13.8 Å². The summed E-state index contributed by atoms with van der Waals surface area (Å²) in [7, 11) is 0. The number of amides is 1. The van der Waals surface area contributed by atoms with Gasteiger partial charge in [0.05, 0.1) is 13.0 Å². The highest BCUT2D eigenvalue weighted by atomic mass is 16.5. The van der Waals surface area contributed by atoms with Crippen molar-refractivity contribution >= 4 is 17.8 Å². The van der Waals surface area contributed by atoms with Gasteiger partial charge in [-0.1, -0.05) is 0 Å².